The molecule has 0 unspecified atom stereocenters. The second-order valence-electron chi connectivity index (χ2n) is 7.92. The van der Waals surface area contributed by atoms with Crippen molar-refractivity contribution in [3.05, 3.63) is 108 Å². The number of rotatable bonds is 12. The predicted octanol–water partition coefficient (Wildman–Crippen LogP) is 5.63. The topological polar surface area (TPSA) is 46.2 Å². The Hall–Kier alpha value is -2.85. The van der Waals surface area contributed by atoms with Crippen molar-refractivity contribution >= 4 is 23.5 Å². The zero-order valence-electron chi connectivity index (χ0n) is 18.6. The number of hydrogen-bond acceptors (Lipinski definition) is 3. The first kappa shape index (κ1) is 23.8. The monoisotopic (exact) mass is 445 g/mol. The van der Waals surface area contributed by atoms with Crippen LogP contribution in [0.15, 0.2) is 91.0 Å². The largest absolute Gasteiger partial charge is 0.355 e. The van der Waals surface area contributed by atoms with Gasteiger partial charge in [0.1, 0.15) is 5.78 Å². The highest BCUT2D eigenvalue weighted by Gasteiger charge is 2.36. The van der Waals surface area contributed by atoms with Crippen LogP contribution >= 0.6 is 11.8 Å². The van der Waals surface area contributed by atoms with Gasteiger partial charge in [0, 0.05) is 36.3 Å². The maximum absolute atomic E-state index is 12.8. The van der Waals surface area contributed by atoms with Gasteiger partial charge in [-0.2, -0.15) is 11.8 Å². The predicted molar refractivity (Wildman–Crippen MR) is 134 cm³/mol. The summed E-state index contributed by atoms with van der Waals surface area (Å²) in [6, 6.07) is 31.4. The second-order valence-corrected chi connectivity index (χ2v) is 9.14. The smallest absolute Gasteiger partial charge is 0.220 e. The van der Waals surface area contributed by atoms with Crippen molar-refractivity contribution in [1.29, 1.82) is 0 Å². The van der Waals surface area contributed by atoms with E-state index in [2.05, 4.69) is 78.1 Å². The van der Waals surface area contributed by atoms with E-state index < -0.39 is 5.41 Å². The third-order valence-electron chi connectivity index (χ3n) is 5.69. The van der Waals surface area contributed by atoms with Gasteiger partial charge < -0.3 is 5.32 Å². The number of carbonyl (C=O) groups excluding carboxylic acids is 2. The van der Waals surface area contributed by atoms with Crippen molar-refractivity contribution in [3.8, 4) is 0 Å². The molecule has 3 rings (SSSR count). The quantitative estimate of drug-likeness (QED) is 0.290. The zero-order valence-corrected chi connectivity index (χ0v) is 19.4. The summed E-state index contributed by atoms with van der Waals surface area (Å²) >= 11 is 1.70. The molecule has 0 fully saturated rings. The van der Waals surface area contributed by atoms with Gasteiger partial charge >= 0.3 is 0 Å². The number of benzene rings is 3. The molecule has 0 aliphatic rings. The maximum atomic E-state index is 12.8. The van der Waals surface area contributed by atoms with E-state index in [9.17, 15) is 9.59 Å². The molecular weight excluding hydrogens is 414 g/mol. The maximum Gasteiger partial charge on any atom is 0.220 e. The lowest BCUT2D eigenvalue weighted by molar-refractivity contribution is -0.121. The lowest BCUT2D eigenvalue weighted by Crippen LogP contribution is -2.33. The van der Waals surface area contributed by atoms with Crippen LogP contribution in [0.1, 0.15) is 42.9 Å². The Morgan fingerprint density at radius 3 is 1.62 bits per heavy atom. The highest BCUT2D eigenvalue weighted by Crippen LogP contribution is 2.42. The molecule has 0 aliphatic heterocycles. The molecule has 32 heavy (non-hydrogen) atoms. The van der Waals surface area contributed by atoms with Gasteiger partial charge in [0.25, 0.3) is 0 Å². The third-order valence-corrected chi connectivity index (χ3v) is 6.68. The van der Waals surface area contributed by atoms with Crippen LogP contribution in [0.5, 0.6) is 0 Å². The Labute approximate surface area is 195 Å². The summed E-state index contributed by atoms with van der Waals surface area (Å²) in [4.78, 5) is 23.8. The third kappa shape index (κ3) is 6.33. The summed E-state index contributed by atoms with van der Waals surface area (Å²) in [6.45, 7) is 2.23. The van der Waals surface area contributed by atoms with E-state index >= 15 is 0 Å². The minimum atomic E-state index is -0.405. The molecule has 1 amide bonds. The standard InChI is InChI=1S/C28H31NO2S/c1-23(30)18-21-32-22-20-29-27(31)17-19-28(24-11-5-2-6-12-24,25-13-7-3-8-14-25)26-15-9-4-10-16-26/h2-16H,17-22H2,1H3,(H,29,31). The van der Waals surface area contributed by atoms with E-state index in [-0.39, 0.29) is 11.7 Å². The van der Waals surface area contributed by atoms with Crippen LogP contribution in [-0.4, -0.2) is 29.7 Å². The first-order valence-electron chi connectivity index (χ1n) is 11.1. The Bertz CT molecular complexity index is 877. The fourth-order valence-corrected chi connectivity index (χ4v) is 4.95. The molecule has 3 aromatic carbocycles. The number of thioether (sulfide) groups is 1. The summed E-state index contributed by atoms with van der Waals surface area (Å²) in [7, 11) is 0. The number of nitrogens with one attached hydrogen (secondary N) is 1. The van der Waals surface area contributed by atoms with Crippen LogP contribution in [0.3, 0.4) is 0 Å². The molecular formula is C28H31NO2S. The van der Waals surface area contributed by atoms with E-state index in [0.717, 1.165) is 11.5 Å². The van der Waals surface area contributed by atoms with Crippen molar-refractivity contribution in [2.75, 3.05) is 18.1 Å². The normalized spacial score (nSPS) is 11.2. The van der Waals surface area contributed by atoms with E-state index in [4.69, 9.17) is 0 Å². The first-order chi connectivity index (χ1) is 15.6. The average molecular weight is 446 g/mol. The van der Waals surface area contributed by atoms with E-state index in [0.29, 0.717) is 25.8 Å². The number of hydrogen-bond donors (Lipinski definition) is 1. The van der Waals surface area contributed by atoms with Gasteiger partial charge in [-0.15, -0.1) is 0 Å². The Morgan fingerprint density at radius 2 is 1.19 bits per heavy atom. The number of Topliss-reactive ketones (excluding diaryl/α,β-unsaturated/α-hetero) is 1. The van der Waals surface area contributed by atoms with Crippen LogP contribution in [0.2, 0.25) is 0 Å². The van der Waals surface area contributed by atoms with Gasteiger partial charge in [-0.1, -0.05) is 91.0 Å². The Kier molecular flexibility index (Phi) is 9.12. The summed E-state index contributed by atoms with van der Waals surface area (Å²) < 4.78 is 0. The van der Waals surface area contributed by atoms with Gasteiger partial charge in [0.2, 0.25) is 5.91 Å². The molecule has 0 heterocycles. The number of carbonyl (C=O) groups is 2. The highest BCUT2D eigenvalue weighted by atomic mass is 32.2. The Morgan fingerprint density at radius 1 is 0.719 bits per heavy atom. The van der Waals surface area contributed by atoms with Gasteiger partial charge in [0.15, 0.2) is 0 Å². The molecule has 0 aliphatic carbocycles. The summed E-state index contributed by atoms with van der Waals surface area (Å²) in [5.41, 5.74) is 3.15. The van der Waals surface area contributed by atoms with Crippen molar-refractivity contribution < 1.29 is 9.59 Å². The fraction of sp³-hybridized carbons (Fsp3) is 0.286. The molecule has 0 saturated carbocycles. The highest BCUT2D eigenvalue weighted by molar-refractivity contribution is 7.99. The molecule has 0 saturated heterocycles. The van der Waals surface area contributed by atoms with Crippen molar-refractivity contribution in [1.82, 2.24) is 5.32 Å². The van der Waals surface area contributed by atoms with E-state index in [1.54, 1.807) is 18.7 Å². The molecule has 0 radical (unpaired) electrons. The zero-order chi connectivity index (χ0) is 22.7. The van der Waals surface area contributed by atoms with Gasteiger partial charge in [0.05, 0.1) is 0 Å². The fourth-order valence-electron chi connectivity index (χ4n) is 4.07. The molecule has 0 bridgehead atoms. The van der Waals surface area contributed by atoms with Crippen LogP contribution in [-0.2, 0) is 15.0 Å². The van der Waals surface area contributed by atoms with Crippen LogP contribution in [0.4, 0.5) is 0 Å². The lowest BCUT2D eigenvalue weighted by atomic mass is 9.66. The number of amides is 1. The summed E-state index contributed by atoms with van der Waals surface area (Å²) in [5.74, 6) is 1.90. The van der Waals surface area contributed by atoms with Crippen LogP contribution in [0.25, 0.3) is 0 Å². The summed E-state index contributed by atoms with van der Waals surface area (Å²) in [6.07, 6.45) is 1.69. The molecule has 166 valence electrons. The molecule has 0 atom stereocenters. The van der Waals surface area contributed by atoms with Gasteiger partial charge in [-0.05, 0) is 30.0 Å². The van der Waals surface area contributed by atoms with Crippen molar-refractivity contribution in [2.45, 2.75) is 31.6 Å². The molecule has 0 aromatic heterocycles. The minimum Gasteiger partial charge on any atom is -0.355 e. The van der Waals surface area contributed by atoms with Crippen molar-refractivity contribution in [2.24, 2.45) is 0 Å². The molecule has 4 heteroatoms. The first-order valence-corrected chi connectivity index (χ1v) is 12.3. The van der Waals surface area contributed by atoms with E-state index in [1.807, 2.05) is 18.2 Å². The molecule has 3 nitrogen and oxygen atoms in total. The molecule has 0 spiro atoms. The second kappa shape index (κ2) is 12.3. The van der Waals surface area contributed by atoms with Crippen molar-refractivity contribution in [3.63, 3.8) is 0 Å². The van der Waals surface area contributed by atoms with E-state index in [1.165, 1.54) is 16.7 Å². The van der Waals surface area contributed by atoms with Gasteiger partial charge in [-0.25, -0.2) is 0 Å². The minimum absolute atomic E-state index is 0.0596. The lowest BCUT2D eigenvalue weighted by Gasteiger charge is -2.36. The molecule has 1 N–H and O–H groups in total. The Balaban J connectivity index is 1.78. The molecule has 3 aromatic rings. The SMILES string of the molecule is CC(=O)CCSCCNC(=O)CCC(c1ccccc1)(c1ccccc1)c1ccccc1. The van der Waals surface area contributed by atoms with Crippen LogP contribution in [0, 0.1) is 0 Å². The average Bonchev–Trinajstić information content (AvgIpc) is 2.83. The summed E-state index contributed by atoms with van der Waals surface area (Å²) in [5, 5.41) is 3.05. The number of ketones is 1. The van der Waals surface area contributed by atoms with Gasteiger partial charge in [-0.3, -0.25) is 9.59 Å². The van der Waals surface area contributed by atoms with Crippen LogP contribution < -0.4 is 5.32 Å².